The average Bonchev–Trinajstić information content (AvgIpc) is 3.48. The van der Waals surface area contributed by atoms with Gasteiger partial charge in [0.05, 0.1) is 27.7 Å². The number of hydrogen-bond donors (Lipinski definition) is 2. The van der Waals surface area contributed by atoms with Crippen LogP contribution in [0.4, 0.5) is 13.2 Å². The van der Waals surface area contributed by atoms with Gasteiger partial charge in [0.15, 0.2) is 0 Å². The smallest absolute Gasteiger partial charge is 0.416 e. The monoisotopic (exact) mass is 584 g/mol. The molecular weight excluding hydrogens is 565 g/mol. The molecule has 39 heavy (non-hydrogen) atoms. The number of alkyl halides is 3. The van der Waals surface area contributed by atoms with Gasteiger partial charge in [0.25, 0.3) is 10.0 Å². The van der Waals surface area contributed by atoms with Crippen LogP contribution in [0.1, 0.15) is 23.7 Å². The molecule has 0 saturated heterocycles. The van der Waals surface area contributed by atoms with Gasteiger partial charge in [-0.3, -0.25) is 9.59 Å². The van der Waals surface area contributed by atoms with E-state index in [1.807, 2.05) is 0 Å². The van der Waals surface area contributed by atoms with Gasteiger partial charge in [-0.15, -0.1) is 16.4 Å². The minimum atomic E-state index is -4.67. The number of nitrogens with zero attached hydrogens (tertiary/aromatic N) is 5. The highest BCUT2D eigenvalue weighted by atomic mass is 32.2. The number of hydrogen-bond acceptors (Lipinski definition) is 9. The van der Waals surface area contributed by atoms with E-state index in [1.165, 1.54) is 6.20 Å². The third-order valence-corrected chi connectivity index (χ3v) is 7.64. The van der Waals surface area contributed by atoms with Crippen LogP contribution in [0.2, 0.25) is 0 Å². The third kappa shape index (κ3) is 6.68. The Morgan fingerprint density at radius 1 is 1.21 bits per heavy atom. The zero-order chi connectivity index (χ0) is 28.5. The van der Waals surface area contributed by atoms with E-state index in [0.717, 1.165) is 46.0 Å². The molecule has 0 atom stereocenters. The molecule has 0 saturated carbocycles. The molecule has 206 valence electrons. The summed E-state index contributed by atoms with van der Waals surface area (Å²) in [5.74, 6) is -1.52. The van der Waals surface area contributed by atoms with E-state index in [2.05, 4.69) is 15.3 Å². The van der Waals surface area contributed by atoms with Crippen LogP contribution in [-0.4, -0.2) is 56.8 Å². The number of carbonyl (C=O) groups is 2. The Hall–Kier alpha value is -4.09. The van der Waals surface area contributed by atoms with Crippen LogP contribution in [0.15, 0.2) is 46.9 Å². The molecule has 0 aliphatic carbocycles. The number of fused-ring (bicyclic) bond motifs is 1. The van der Waals surface area contributed by atoms with Gasteiger partial charge < -0.3 is 14.7 Å². The van der Waals surface area contributed by atoms with Crippen molar-refractivity contribution in [2.24, 2.45) is 5.14 Å². The summed E-state index contributed by atoms with van der Waals surface area (Å²) in [6.07, 6.45) is -3.34. The van der Waals surface area contributed by atoms with Crippen molar-refractivity contribution in [1.82, 2.24) is 24.9 Å². The van der Waals surface area contributed by atoms with Crippen molar-refractivity contribution in [3.05, 3.63) is 59.4 Å². The summed E-state index contributed by atoms with van der Waals surface area (Å²) in [5.41, 5.74) is -0.178. The van der Waals surface area contributed by atoms with E-state index in [1.54, 1.807) is 18.2 Å². The SMILES string of the molecule is CC(=O)N(CC(=O)O)Cc1ccc(C(F)(F)F)cc1-n1cc(COc2ccc3nc(S(N)(=O)=O)sc3c2)nn1. The van der Waals surface area contributed by atoms with E-state index < -0.39 is 40.2 Å². The van der Waals surface area contributed by atoms with Crippen molar-refractivity contribution in [1.29, 1.82) is 0 Å². The van der Waals surface area contributed by atoms with Gasteiger partial charge in [-0.05, 0) is 35.9 Å². The fourth-order valence-electron chi connectivity index (χ4n) is 3.47. The molecule has 4 aromatic rings. The molecule has 0 aliphatic heterocycles. The molecule has 2 aromatic heterocycles. The molecule has 0 spiro atoms. The summed E-state index contributed by atoms with van der Waals surface area (Å²) < 4.78 is 70.3. The van der Waals surface area contributed by atoms with Crippen molar-refractivity contribution in [2.45, 2.75) is 30.6 Å². The Kier molecular flexibility index (Phi) is 7.58. The number of nitrogens with two attached hydrogens (primary N) is 1. The number of ether oxygens (including phenoxy) is 1. The predicted octanol–water partition coefficient (Wildman–Crippen LogP) is 2.56. The molecule has 0 aliphatic rings. The lowest BCUT2D eigenvalue weighted by molar-refractivity contribution is -0.144. The van der Waals surface area contributed by atoms with Crippen LogP contribution in [0.3, 0.4) is 0 Å². The minimum Gasteiger partial charge on any atom is -0.487 e. The fraction of sp³-hybridized carbons (Fsp3) is 0.227. The van der Waals surface area contributed by atoms with Gasteiger partial charge in [-0.25, -0.2) is 23.2 Å². The Balaban J connectivity index is 1.59. The number of sulfonamides is 1. The quantitative estimate of drug-likeness (QED) is 0.300. The molecule has 2 heterocycles. The fourth-order valence-corrected chi connectivity index (χ4v) is 5.15. The maximum atomic E-state index is 13.4. The second kappa shape index (κ2) is 10.6. The van der Waals surface area contributed by atoms with Gasteiger partial charge in [0.2, 0.25) is 10.2 Å². The maximum Gasteiger partial charge on any atom is 0.416 e. The zero-order valence-corrected chi connectivity index (χ0v) is 21.5. The molecule has 0 unspecified atom stereocenters. The number of rotatable bonds is 9. The van der Waals surface area contributed by atoms with Crippen LogP contribution in [-0.2, 0) is 38.9 Å². The highest BCUT2D eigenvalue weighted by molar-refractivity contribution is 7.91. The number of primary sulfonamides is 1. The van der Waals surface area contributed by atoms with Gasteiger partial charge in [0.1, 0.15) is 24.6 Å². The van der Waals surface area contributed by atoms with Crippen molar-refractivity contribution in [2.75, 3.05) is 6.54 Å². The lowest BCUT2D eigenvalue weighted by Crippen LogP contribution is -2.33. The van der Waals surface area contributed by atoms with Crippen molar-refractivity contribution >= 4 is 43.5 Å². The van der Waals surface area contributed by atoms with E-state index in [0.29, 0.717) is 16.0 Å². The molecule has 0 radical (unpaired) electrons. The summed E-state index contributed by atoms with van der Waals surface area (Å²) in [4.78, 5) is 28.0. The van der Waals surface area contributed by atoms with Crippen LogP contribution >= 0.6 is 11.3 Å². The highest BCUT2D eigenvalue weighted by Crippen LogP contribution is 2.32. The van der Waals surface area contributed by atoms with Crippen LogP contribution in [0.25, 0.3) is 15.9 Å². The normalized spacial score (nSPS) is 12.0. The number of aromatic nitrogens is 4. The largest absolute Gasteiger partial charge is 0.487 e. The van der Waals surface area contributed by atoms with Gasteiger partial charge >= 0.3 is 12.1 Å². The maximum absolute atomic E-state index is 13.4. The Morgan fingerprint density at radius 2 is 1.95 bits per heavy atom. The van der Waals surface area contributed by atoms with Gasteiger partial charge in [-0.2, -0.15) is 13.2 Å². The lowest BCUT2D eigenvalue weighted by Gasteiger charge is -2.21. The number of carboxylic acid groups (broad SMARTS) is 1. The Labute approximate surface area is 222 Å². The number of amides is 1. The second-order valence-electron chi connectivity index (χ2n) is 8.21. The number of thiazole rings is 1. The van der Waals surface area contributed by atoms with Crippen molar-refractivity contribution in [3.8, 4) is 11.4 Å². The summed E-state index contributed by atoms with van der Waals surface area (Å²) in [5, 5.41) is 22.0. The summed E-state index contributed by atoms with van der Waals surface area (Å²) >= 11 is 0.864. The molecule has 0 fully saturated rings. The average molecular weight is 585 g/mol. The minimum absolute atomic E-state index is 0.0539. The highest BCUT2D eigenvalue weighted by Gasteiger charge is 2.31. The van der Waals surface area contributed by atoms with Crippen LogP contribution < -0.4 is 9.88 Å². The second-order valence-corrected chi connectivity index (χ2v) is 11.0. The van der Waals surface area contributed by atoms with Gasteiger partial charge in [-0.1, -0.05) is 11.3 Å². The van der Waals surface area contributed by atoms with E-state index in [9.17, 15) is 31.2 Å². The van der Waals surface area contributed by atoms with E-state index in [-0.39, 0.29) is 34.4 Å². The number of carbonyl (C=O) groups excluding carboxylic acids is 1. The van der Waals surface area contributed by atoms with E-state index >= 15 is 0 Å². The van der Waals surface area contributed by atoms with Crippen molar-refractivity contribution in [3.63, 3.8) is 0 Å². The first-order chi connectivity index (χ1) is 18.2. The number of aliphatic carboxylic acids is 1. The molecular formula is C22H19F3N6O6S2. The first-order valence-electron chi connectivity index (χ1n) is 10.9. The van der Waals surface area contributed by atoms with E-state index in [4.69, 9.17) is 15.0 Å². The Morgan fingerprint density at radius 3 is 2.59 bits per heavy atom. The van der Waals surface area contributed by atoms with Crippen molar-refractivity contribution < 1.29 is 41.0 Å². The topological polar surface area (TPSA) is 171 Å². The van der Waals surface area contributed by atoms with Crippen LogP contribution in [0, 0.1) is 0 Å². The number of benzene rings is 2. The first-order valence-corrected chi connectivity index (χ1v) is 13.2. The zero-order valence-electron chi connectivity index (χ0n) is 19.9. The molecule has 1 amide bonds. The molecule has 0 bridgehead atoms. The Bertz CT molecular complexity index is 1670. The molecule has 3 N–H and O–H groups in total. The molecule has 2 aromatic carbocycles. The third-order valence-electron chi connectivity index (χ3n) is 5.30. The predicted molar refractivity (Wildman–Crippen MR) is 130 cm³/mol. The summed E-state index contributed by atoms with van der Waals surface area (Å²) in [6, 6.07) is 7.44. The molecule has 12 nitrogen and oxygen atoms in total. The lowest BCUT2D eigenvalue weighted by atomic mass is 10.1. The summed E-state index contributed by atoms with van der Waals surface area (Å²) in [6.45, 7) is 0.0847. The summed E-state index contributed by atoms with van der Waals surface area (Å²) in [7, 11) is -3.97. The number of halogens is 3. The first kappa shape index (κ1) is 27.9. The standard InChI is InChI=1S/C22H19F3N6O6S2/c1-12(32)30(10-20(33)34)8-13-2-3-14(22(23,24)25)6-18(13)31-9-15(28-29-31)11-37-16-4-5-17-19(7-16)38-21(27-17)39(26,35)36/h2-7,9H,8,10-11H2,1H3,(H,33,34)(H2,26,35,36). The molecule has 17 heteroatoms. The van der Waals surface area contributed by atoms with Gasteiger partial charge in [0, 0.05) is 13.5 Å². The van der Waals surface area contributed by atoms with Crippen LogP contribution in [0.5, 0.6) is 5.75 Å². The molecule has 4 rings (SSSR count). The number of carboxylic acids is 1.